The molecule has 1 aromatic rings. The van der Waals surface area contributed by atoms with Gasteiger partial charge in [-0.15, -0.1) is 0 Å². The van der Waals surface area contributed by atoms with E-state index in [9.17, 15) is 4.79 Å². The number of methoxy groups -OCH3 is 1. The Hall–Kier alpha value is -1.63. The van der Waals surface area contributed by atoms with Gasteiger partial charge in [0, 0.05) is 6.04 Å². The van der Waals surface area contributed by atoms with E-state index in [4.69, 9.17) is 10.6 Å². The molecule has 1 heterocycles. The van der Waals surface area contributed by atoms with E-state index >= 15 is 0 Å². The van der Waals surface area contributed by atoms with Gasteiger partial charge in [-0.05, 0) is 24.6 Å². The number of hydrogen-bond acceptors (Lipinski definition) is 5. The summed E-state index contributed by atoms with van der Waals surface area (Å²) in [5, 5.41) is 0. The number of carbonyl (C=O) groups is 1. The topological polar surface area (TPSA) is 88.4 Å². The standard InChI is InChI=1S/C12H18N4O2/c1-7-10(12(17)14-13)11(16-15-7)8-3-5-9(18-2)6-4-8/h3-7,10-11,15-16H,13H2,1-2H3,(H,14,17). The van der Waals surface area contributed by atoms with Gasteiger partial charge < -0.3 is 4.74 Å². The first kappa shape index (κ1) is 12.8. The van der Waals surface area contributed by atoms with E-state index in [2.05, 4.69) is 16.3 Å². The number of ether oxygens (including phenoxy) is 1. The molecule has 0 bridgehead atoms. The van der Waals surface area contributed by atoms with Gasteiger partial charge in [-0.2, -0.15) is 0 Å². The number of carbonyl (C=O) groups excluding carboxylic acids is 1. The van der Waals surface area contributed by atoms with Crippen LogP contribution in [-0.4, -0.2) is 19.1 Å². The first-order valence-corrected chi connectivity index (χ1v) is 5.83. The quantitative estimate of drug-likeness (QED) is 0.340. The van der Waals surface area contributed by atoms with E-state index in [1.165, 1.54) is 0 Å². The van der Waals surface area contributed by atoms with Crippen molar-refractivity contribution in [2.24, 2.45) is 11.8 Å². The van der Waals surface area contributed by atoms with Crippen LogP contribution >= 0.6 is 0 Å². The average molecular weight is 250 g/mol. The molecule has 6 nitrogen and oxygen atoms in total. The molecule has 1 aliphatic rings. The Kier molecular flexibility index (Phi) is 3.81. The number of benzene rings is 1. The van der Waals surface area contributed by atoms with Gasteiger partial charge >= 0.3 is 0 Å². The van der Waals surface area contributed by atoms with Crippen molar-refractivity contribution < 1.29 is 9.53 Å². The molecule has 98 valence electrons. The first-order valence-electron chi connectivity index (χ1n) is 5.83. The van der Waals surface area contributed by atoms with Gasteiger partial charge in [0.15, 0.2) is 0 Å². The maximum atomic E-state index is 11.8. The number of nitrogens with two attached hydrogens (primary N) is 1. The molecule has 3 unspecified atom stereocenters. The van der Waals surface area contributed by atoms with Gasteiger partial charge in [-0.25, -0.2) is 11.3 Å². The Morgan fingerprint density at radius 2 is 2.00 bits per heavy atom. The fraction of sp³-hybridized carbons (Fsp3) is 0.417. The Balaban J connectivity index is 2.22. The lowest BCUT2D eigenvalue weighted by Gasteiger charge is -2.19. The van der Waals surface area contributed by atoms with E-state index in [1.54, 1.807) is 7.11 Å². The number of rotatable bonds is 3. The van der Waals surface area contributed by atoms with Crippen molar-refractivity contribution in [3.8, 4) is 5.75 Å². The van der Waals surface area contributed by atoms with Gasteiger partial charge in [0.25, 0.3) is 0 Å². The van der Waals surface area contributed by atoms with Crippen LogP contribution in [0.5, 0.6) is 5.75 Å². The summed E-state index contributed by atoms with van der Waals surface area (Å²) in [7, 11) is 1.62. The van der Waals surface area contributed by atoms with E-state index in [1.807, 2.05) is 31.2 Å². The van der Waals surface area contributed by atoms with Crippen LogP contribution in [0, 0.1) is 5.92 Å². The Morgan fingerprint density at radius 1 is 1.33 bits per heavy atom. The monoisotopic (exact) mass is 250 g/mol. The highest BCUT2D eigenvalue weighted by Gasteiger charge is 2.38. The minimum absolute atomic E-state index is 0.0145. The van der Waals surface area contributed by atoms with Crippen LogP contribution in [0.1, 0.15) is 18.5 Å². The van der Waals surface area contributed by atoms with Crippen LogP contribution in [0.3, 0.4) is 0 Å². The third-order valence-electron chi connectivity index (χ3n) is 3.28. The molecular formula is C12H18N4O2. The summed E-state index contributed by atoms with van der Waals surface area (Å²) in [5.74, 6) is 5.59. The fourth-order valence-electron chi connectivity index (χ4n) is 2.27. The number of nitrogens with one attached hydrogen (secondary N) is 3. The molecule has 0 radical (unpaired) electrons. The molecule has 1 aliphatic heterocycles. The molecular weight excluding hydrogens is 232 g/mol. The third kappa shape index (κ3) is 2.31. The second kappa shape index (κ2) is 5.34. The summed E-state index contributed by atoms with van der Waals surface area (Å²) >= 11 is 0. The Bertz CT molecular complexity index is 421. The van der Waals surface area contributed by atoms with E-state index in [0.717, 1.165) is 11.3 Å². The molecule has 3 atom stereocenters. The maximum Gasteiger partial charge on any atom is 0.240 e. The average Bonchev–Trinajstić information content (AvgIpc) is 2.80. The van der Waals surface area contributed by atoms with Crippen LogP contribution in [0.25, 0.3) is 0 Å². The van der Waals surface area contributed by atoms with Crippen LogP contribution in [0.4, 0.5) is 0 Å². The van der Waals surface area contributed by atoms with Crippen molar-refractivity contribution in [2.45, 2.75) is 19.0 Å². The molecule has 1 aromatic carbocycles. The van der Waals surface area contributed by atoms with Gasteiger partial charge in [0.1, 0.15) is 5.75 Å². The van der Waals surface area contributed by atoms with Gasteiger partial charge in [-0.1, -0.05) is 12.1 Å². The zero-order valence-corrected chi connectivity index (χ0v) is 10.4. The fourth-order valence-corrected chi connectivity index (χ4v) is 2.27. The minimum Gasteiger partial charge on any atom is -0.497 e. The molecule has 2 rings (SSSR count). The third-order valence-corrected chi connectivity index (χ3v) is 3.28. The van der Waals surface area contributed by atoms with E-state index < -0.39 is 0 Å². The van der Waals surface area contributed by atoms with E-state index in [0.29, 0.717) is 0 Å². The Morgan fingerprint density at radius 3 is 2.56 bits per heavy atom. The zero-order chi connectivity index (χ0) is 13.1. The summed E-state index contributed by atoms with van der Waals surface area (Å²) in [5.41, 5.74) is 9.41. The predicted octanol–water partition coefficient (Wildman–Crippen LogP) is -0.161. The molecule has 5 N–H and O–H groups in total. The van der Waals surface area contributed by atoms with Crippen LogP contribution in [-0.2, 0) is 4.79 Å². The lowest BCUT2D eigenvalue weighted by atomic mass is 9.89. The Labute approximate surface area is 106 Å². The summed E-state index contributed by atoms with van der Waals surface area (Å²) < 4.78 is 5.11. The smallest absolute Gasteiger partial charge is 0.240 e. The highest BCUT2D eigenvalue weighted by molar-refractivity contribution is 5.80. The van der Waals surface area contributed by atoms with Crippen LogP contribution < -0.4 is 26.9 Å². The molecule has 1 fully saturated rings. The second-order valence-electron chi connectivity index (χ2n) is 4.36. The second-order valence-corrected chi connectivity index (χ2v) is 4.36. The normalized spacial score (nSPS) is 26.9. The molecule has 18 heavy (non-hydrogen) atoms. The number of hydrazine groups is 2. The van der Waals surface area contributed by atoms with E-state index in [-0.39, 0.29) is 23.9 Å². The predicted molar refractivity (Wildman–Crippen MR) is 67.3 cm³/mol. The number of hydrogen-bond donors (Lipinski definition) is 4. The highest BCUT2D eigenvalue weighted by atomic mass is 16.5. The lowest BCUT2D eigenvalue weighted by molar-refractivity contribution is -0.125. The van der Waals surface area contributed by atoms with Crippen molar-refractivity contribution >= 4 is 5.91 Å². The molecule has 6 heteroatoms. The zero-order valence-electron chi connectivity index (χ0n) is 10.4. The van der Waals surface area contributed by atoms with Crippen molar-refractivity contribution in [3.05, 3.63) is 29.8 Å². The van der Waals surface area contributed by atoms with Crippen molar-refractivity contribution in [2.75, 3.05) is 7.11 Å². The van der Waals surface area contributed by atoms with Crippen LogP contribution in [0.2, 0.25) is 0 Å². The van der Waals surface area contributed by atoms with Gasteiger partial charge in [0.2, 0.25) is 5.91 Å². The van der Waals surface area contributed by atoms with Crippen LogP contribution in [0.15, 0.2) is 24.3 Å². The molecule has 1 amide bonds. The molecule has 1 saturated heterocycles. The molecule has 0 aromatic heterocycles. The molecule has 0 spiro atoms. The van der Waals surface area contributed by atoms with Gasteiger partial charge in [0.05, 0.1) is 19.1 Å². The summed E-state index contributed by atoms with van der Waals surface area (Å²) in [6, 6.07) is 7.53. The van der Waals surface area contributed by atoms with Crippen molar-refractivity contribution in [3.63, 3.8) is 0 Å². The summed E-state index contributed by atoms with van der Waals surface area (Å²) in [4.78, 5) is 11.8. The molecule has 0 saturated carbocycles. The lowest BCUT2D eigenvalue weighted by Crippen LogP contribution is -2.41. The number of amides is 1. The molecule has 0 aliphatic carbocycles. The largest absolute Gasteiger partial charge is 0.497 e. The van der Waals surface area contributed by atoms with Gasteiger partial charge in [-0.3, -0.25) is 15.6 Å². The summed E-state index contributed by atoms with van der Waals surface area (Å²) in [6.07, 6.45) is 0. The SMILES string of the molecule is COc1ccc(C2NNC(C)C2C(=O)NN)cc1. The minimum atomic E-state index is -0.247. The maximum absolute atomic E-state index is 11.8. The van der Waals surface area contributed by atoms with Crippen molar-refractivity contribution in [1.82, 2.24) is 16.3 Å². The highest BCUT2D eigenvalue weighted by Crippen LogP contribution is 2.29. The summed E-state index contributed by atoms with van der Waals surface area (Å²) in [6.45, 7) is 1.94. The first-order chi connectivity index (χ1) is 8.67. The van der Waals surface area contributed by atoms with Crippen molar-refractivity contribution in [1.29, 1.82) is 0 Å².